The Bertz CT molecular complexity index is 744. The summed E-state index contributed by atoms with van der Waals surface area (Å²) in [4.78, 5) is 9.77. The highest BCUT2D eigenvalue weighted by molar-refractivity contribution is 5.80. The molecule has 28 heavy (non-hydrogen) atoms. The monoisotopic (exact) mass is 384 g/mol. The van der Waals surface area contributed by atoms with Gasteiger partial charge in [-0.1, -0.05) is 18.2 Å². The first-order valence-electron chi connectivity index (χ1n) is 10.7. The maximum Gasteiger partial charge on any atom is 0.191 e. The number of fused-ring (bicyclic) bond motifs is 1. The van der Waals surface area contributed by atoms with Crippen molar-refractivity contribution in [3.8, 4) is 0 Å². The molecule has 0 bridgehead atoms. The third-order valence-corrected chi connectivity index (χ3v) is 5.57. The van der Waals surface area contributed by atoms with Gasteiger partial charge in [0.15, 0.2) is 5.96 Å². The van der Waals surface area contributed by atoms with Crippen LogP contribution in [-0.4, -0.2) is 79.2 Å². The summed E-state index contributed by atoms with van der Waals surface area (Å²) < 4.78 is 2.33. The summed E-state index contributed by atoms with van der Waals surface area (Å²) in [5.74, 6) is 0.931. The van der Waals surface area contributed by atoms with E-state index in [1.54, 1.807) is 0 Å². The van der Waals surface area contributed by atoms with Crippen LogP contribution in [0, 0.1) is 0 Å². The number of guanidine groups is 1. The van der Waals surface area contributed by atoms with Crippen molar-refractivity contribution in [2.24, 2.45) is 4.99 Å². The molecule has 1 atom stereocenters. The molecule has 1 aromatic heterocycles. The molecule has 2 heterocycles. The van der Waals surface area contributed by atoms with Crippen LogP contribution in [0.4, 0.5) is 0 Å². The summed E-state index contributed by atoms with van der Waals surface area (Å²) in [6, 6.07) is 11.2. The smallest absolute Gasteiger partial charge is 0.191 e. The molecule has 1 unspecified atom stereocenters. The Labute approximate surface area is 169 Å². The maximum absolute atomic E-state index is 4.82. The van der Waals surface area contributed by atoms with Crippen molar-refractivity contribution in [3.05, 3.63) is 36.5 Å². The molecule has 154 valence electrons. The summed E-state index contributed by atoms with van der Waals surface area (Å²) in [7, 11) is 2.20. The van der Waals surface area contributed by atoms with Crippen molar-refractivity contribution in [2.45, 2.75) is 32.9 Å². The number of piperazine rings is 1. The first-order valence-corrected chi connectivity index (χ1v) is 10.7. The van der Waals surface area contributed by atoms with Crippen LogP contribution in [-0.2, 0) is 6.54 Å². The second-order valence-corrected chi connectivity index (χ2v) is 7.76. The number of hydrogen-bond donors (Lipinski definition) is 2. The summed E-state index contributed by atoms with van der Waals surface area (Å²) in [6.07, 6.45) is 3.25. The zero-order valence-electron chi connectivity index (χ0n) is 17.7. The van der Waals surface area contributed by atoms with Crippen molar-refractivity contribution < 1.29 is 0 Å². The van der Waals surface area contributed by atoms with E-state index in [1.165, 1.54) is 10.9 Å². The first-order chi connectivity index (χ1) is 13.7. The lowest BCUT2D eigenvalue weighted by molar-refractivity contribution is 0.122. The predicted molar refractivity (Wildman–Crippen MR) is 119 cm³/mol. The van der Waals surface area contributed by atoms with Gasteiger partial charge in [0.25, 0.3) is 0 Å². The number of para-hydroxylation sites is 1. The van der Waals surface area contributed by atoms with Crippen molar-refractivity contribution in [1.82, 2.24) is 25.0 Å². The van der Waals surface area contributed by atoms with Gasteiger partial charge in [0.1, 0.15) is 0 Å². The maximum atomic E-state index is 4.82. The number of nitrogens with zero attached hydrogens (tertiary/aromatic N) is 4. The van der Waals surface area contributed by atoms with Gasteiger partial charge in [-0.3, -0.25) is 9.89 Å². The number of nitrogens with one attached hydrogen (secondary N) is 2. The fourth-order valence-corrected chi connectivity index (χ4v) is 3.74. The van der Waals surface area contributed by atoms with E-state index in [1.807, 2.05) is 0 Å². The number of aryl methyl sites for hydroxylation is 1. The SMILES string of the molecule is CCNC(=NCC(C)N1CCN(C)CC1)NCCCn1ccc2ccccc21. The lowest BCUT2D eigenvalue weighted by Gasteiger charge is -2.35. The second-order valence-electron chi connectivity index (χ2n) is 7.76. The number of aromatic nitrogens is 1. The Morgan fingerprint density at radius 1 is 1.11 bits per heavy atom. The molecular formula is C22H36N6. The molecule has 1 saturated heterocycles. The van der Waals surface area contributed by atoms with Gasteiger partial charge in [0.2, 0.25) is 0 Å². The third kappa shape index (κ3) is 5.72. The van der Waals surface area contributed by atoms with Crippen LogP contribution in [0.15, 0.2) is 41.5 Å². The van der Waals surface area contributed by atoms with Crippen LogP contribution in [0.5, 0.6) is 0 Å². The number of rotatable bonds is 8. The van der Waals surface area contributed by atoms with E-state index in [0.717, 1.165) is 64.7 Å². The summed E-state index contributed by atoms with van der Waals surface area (Å²) in [6.45, 7) is 12.6. The minimum Gasteiger partial charge on any atom is -0.357 e. The largest absolute Gasteiger partial charge is 0.357 e. The Morgan fingerprint density at radius 2 is 1.89 bits per heavy atom. The average Bonchev–Trinajstić information content (AvgIpc) is 3.12. The van der Waals surface area contributed by atoms with E-state index >= 15 is 0 Å². The Balaban J connectivity index is 1.44. The van der Waals surface area contributed by atoms with Crippen LogP contribution in [0.25, 0.3) is 10.9 Å². The van der Waals surface area contributed by atoms with Gasteiger partial charge in [-0.05, 0) is 44.8 Å². The van der Waals surface area contributed by atoms with Gasteiger partial charge in [-0.15, -0.1) is 0 Å². The molecule has 0 aliphatic carbocycles. The van der Waals surface area contributed by atoms with Crippen LogP contribution in [0.2, 0.25) is 0 Å². The minimum absolute atomic E-state index is 0.482. The lowest BCUT2D eigenvalue weighted by atomic mass is 10.2. The molecule has 0 spiro atoms. The molecule has 1 aromatic carbocycles. The van der Waals surface area contributed by atoms with E-state index in [2.05, 4.69) is 82.4 Å². The van der Waals surface area contributed by atoms with Crippen molar-refractivity contribution in [1.29, 1.82) is 0 Å². The molecule has 6 nitrogen and oxygen atoms in total. The average molecular weight is 385 g/mol. The highest BCUT2D eigenvalue weighted by Gasteiger charge is 2.18. The molecule has 1 fully saturated rings. The molecule has 0 radical (unpaired) electrons. The molecule has 0 amide bonds. The number of aliphatic imine (C=N–C) groups is 1. The van der Waals surface area contributed by atoms with E-state index in [-0.39, 0.29) is 0 Å². The Hall–Kier alpha value is -2.05. The van der Waals surface area contributed by atoms with Crippen molar-refractivity contribution in [2.75, 3.05) is 52.9 Å². The second kappa shape index (κ2) is 10.5. The molecule has 2 N–H and O–H groups in total. The molecule has 1 aliphatic heterocycles. The van der Waals surface area contributed by atoms with E-state index in [4.69, 9.17) is 4.99 Å². The normalized spacial score (nSPS) is 17.8. The molecular weight excluding hydrogens is 348 g/mol. The predicted octanol–water partition coefficient (Wildman–Crippen LogP) is 2.22. The van der Waals surface area contributed by atoms with E-state index < -0.39 is 0 Å². The van der Waals surface area contributed by atoms with Gasteiger partial charge in [-0.25, -0.2) is 0 Å². The van der Waals surface area contributed by atoms with Crippen LogP contribution in [0.3, 0.4) is 0 Å². The molecule has 3 rings (SSSR count). The summed E-state index contributed by atoms with van der Waals surface area (Å²) >= 11 is 0. The van der Waals surface area contributed by atoms with Crippen molar-refractivity contribution in [3.63, 3.8) is 0 Å². The Kier molecular flexibility index (Phi) is 7.74. The van der Waals surface area contributed by atoms with Gasteiger partial charge >= 0.3 is 0 Å². The number of benzene rings is 1. The minimum atomic E-state index is 0.482. The lowest BCUT2D eigenvalue weighted by Crippen LogP contribution is -2.49. The number of hydrogen-bond acceptors (Lipinski definition) is 3. The van der Waals surface area contributed by atoms with Gasteiger partial charge in [0.05, 0.1) is 6.54 Å². The zero-order chi connectivity index (χ0) is 19.8. The van der Waals surface area contributed by atoms with Gasteiger partial charge in [0, 0.05) is 63.6 Å². The summed E-state index contributed by atoms with van der Waals surface area (Å²) in [5.41, 5.74) is 1.31. The topological polar surface area (TPSA) is 47.8 Å². The van der Waals surface area contributed by atoms with Gasteiger partial charge in [-0.2, -0.15) is 0 Å². The molecule has 6 heteroatoms. The van der Waals surface area contributed by atoms with Crippen LogP contribution in [0.1, 0.15) is 20.3 Å². The first kappa shape index (κ1) is 20.7. The highest BCUT2D eigenvalue weighted by Crippen LogP contribution is 2.15. The molecule has 1 aliphatic rings. The van der Waals surface area contributed by atoms with Crippen molar-refractivity contribution >= 4 is 16.9 Å². The fraction of sp³-hybridized carbons (Fsp3) is 0.591. The van der Waals surface area contributed by atoms with Gasteiger partial charge < -0.3 is 20.1 Å². The fourth-order valence-electron chi connectivity index (χ4n) is 3.74. The summed E-state index contributed by atoms with van der Waals surface area (Å²) in [5, 5.41) is 8.18. The molecule has 2 aromatic rings. The quantitative estimate of drug-likeness (QED) is 0.416. The van der Waals surface area contributed by atoms with Crippen LogP contribution >= 0.6 is 0 Å². The van der Waals surface area contributed by atoms with Crippen LogP contribution < -0.4 is 10.6 Å². The third-order valence-electron chi connectivity index (χ3n) is 5.57. The molecule has 0 saturated carbocycles. The zero-order valence-corrected chi connectivity index (χ0v) is 17.7. The Morgan fingerprint density at radius 3 is 2.68 bits per heavy atom. The van der Waals surface area contributed by atoms with E-state index in [9.17, 15) is 0 Å². The standard InChI is InChI=1S/C22H36N6/c1-4-23-22(25-18-19(2)27-16-14-26(3)15-17-27)24-11-7-12-28-13-10-20-8-5-6-9-21(20)28/h5-6,8-10,13,19H,4,7,11-12,14-18H2,1-3H3,(H2,23,24,25). The number of likely N-dealkylation sites (N-methyl/N-ethyl adjacent to an activating group) is 1. The highest BCUT2D eigenvalue weighted by atomic mass is 15.3. The van der Waals surface area contributed by atoms with E-state index in [0.29, 0.717) is 6.04 Å².